The molecule has 0 atom stereocenters. The van der Waals surface area contributed by atoms with E-state index in [2.05, 4.69) is 86.7 Å². The predicted octanol–water partition coefficient (Wildman–Crippen LogP) is 11.3. The second-order valence-electron chi connectivity index (χ2n) is 12.9. The molecule has 1 heterocycles. The summed E-state index contributed by atoms with van der Waals surface area (Å²) in [6, 6.07) is 59.5. The standard InChI is InChI=1S/C47H38N4/c1-47(2,40-28-23-34(24-29-40)25-32-42(35-15-7-3-8-16-35)49-45(48)38-19-11-5-12-20-38)41-30-26-37(27-31-41)44-33-43(36-17-9-4-10-18-36)50-46(51-44)39-21-13-6-14-22-39/h3-33,48H,1-2H3/b32-25+,48-45?,49-42+. The second kappa shape index (κ2) is 14.9. The van der Waals surface area contributed by atoms with Gasteiger partial charge in [0.05, 0.1) is 17.1 Å². The monoisotopic (exact) mass is 658 g/mol. The van der Waals surface area contributed by atoms with E-state index in [0.29, 0.717) is 5.82 Å². The molecular formula is C47H38N4. The summed E-state index contributed by atoms with van der Waals surface area (Å²) in [5.41, 5.74) is 10.6. The van der Waals surface area contributed by atoms with Gasteiger partial charge < -0.3 is 0 Å². The Labute approximate surface area is 300 Å². The summed E-state index contributed by atoms with van der Waals surface area (Å²) in [5, 5.41) is 8.60. The first-order valence-electron chi connectivity index (χ1n) is 17.1. The van der Waals surface area contributed by atoms with Gasteiger partial charge in [0, 0.05) is 33.2 Å². The van der Waals surface area contributed by atoms with Crippen LogP contribution in [0.2, 0.25) is 0 Å². The molecule has 51 heavy (non-hydrogen) atoms. The molecule has 4 nitrogen and oxygen atoms in total. The van der Waals surface area contributed by atoms with Gasteiger partial charge in [0.1, 0.15) is 0 Å². The minimum absolute atomic E-state index is 0.224. The van der Waals surface area contributed by atoms with Crippen molar-refractivity contribution in [1.29, 1.82) is 5.41 Å². The number of nitrogens with zero attached hydrogens (tertiary/aromatic N) is 3. The average Bonchev–Trinajstić information content (AvgIpc) is 3.20. The Hall–Kier alpha value is -6.52. The van der Waals surface area contributed by atoms with E-state index in [9.17, 15) is 0 Å². The van der Waals surface area contributed by atoms with Crippen molar-refractivity contribution in [2.75, 3.05) is 0 Å². The van der Waals surface area contributed by atoms with E-state index in [1.54, 1.807) is 0 Å². The highest BCUT2D eigenvalue weighted by atomic mass is 14.9. The third-order valence-corrected chi connectivity index (χ3v) is 9.15. The molecule has 7 aromatic rings. The molecule has 0 aliphatic heterocycles. The van der Waals surface area contributed by atoms with E-state index in [4.69, 9.17) is 20.4 Å². The number of aliphatic imine (C=N–C) groups is 1. The summed E-state index contributed by atoms with van der Waals surface area (Å²) in [4.78, 5) is 14.6. The van der Waals surface area contributed by atoms with Gasteiger partial charge in [-0.2, -0.15) is 0 Å². The van der Waals surface area contributed by atoms with Crippen molar-refractivity contribution < 1.29 is 0 Å². The van der Waals surface area contributed by atoms with Crippen LogP contribution in [0.5, 0.6) is 0 Å². The maximum Gasteiger partial charge on any atom is 0.160 e. The molecule has 4 heteroatoms. The number of benzene rings is 6. The van der Waals surface area contributed by atoms with E-state index >= 15 is 0 Å². The molecule has 0 fully saturated rings. The van der Waals surface area contributed by atoms with Gasteiger partial charge >= 0.3 is 0 Å². The Bertz CT molecular complexity index is 2230. The van der Waals surface area contributed by atoms with E-state index in [1.165, 1.54) is 11.1 Å². The summed E-state index contributed by atoms with van der Waals surface area (Å²) in [6.07, 6.45) is 4.05. The maximum absolute atomic E-state index is 8.60. The first kappa shape index (κ1) is 33.0. The van der Waals surface area contributed by atoms with Crippen molar-refractivity contribution in [3.63, 3.8) is 0 Å². The first-order valence-corrected chi connectivity index (χ1v) is 17.1. The minimum atomic E-state index is -0.224. The molecule has 0 amide bonds. The van der Waals surface area contributed by atoms with Gasteiger partial charge in [-0.25, -0.2) is 15.0 Å². The molecule has 246 valence electrons. The fourth-order valence-corrected chi connectivity index (χ4v) is 6.07. The average molecular weight is 659 g/mol. The molecule has 7 rings (SSSR count). The summed E-state index contributed by atoms with van der Waals surface area (Å²) in [6.45, 7) is 4.52. The molecule has 0 aliphatic carbocycles. The van der Waals surface area contributed by atoms with Crippen molar-refractivity contribution >= 4 is 17.6 Å². The van der Waals surface area contributed by atoms with Crippen LogP contribution < -0.4 is 0 Å². The molecule has 0 unspecified atom stereocenters. The van der Waals surface area contributed by atoms with Crippen LogP contribution in [0.4, 0.5) is 0 Å². The summed E-state index contributed by atoms with van der Waals surface area (Å²) < 4.78 is 0. The van der Waals surface area contributed by atoms with Crippen molar-refractivity contribution in [2.45, 2.75) is 19.3 Å². The normalized spacial score (nSPS) is 11.8. The molecule has 0 radical (unpaired) electrons. The molecule has 0 saturated carbocycles. The Morgan fingerprint density at radius 3 is 1.53 bits per heavy atom. The Balaban J connectivity index is 1.13. The van der Waals surface area contributed by atoms with Crippen LogP contribution in [0.3, 0.4) is 0 Å². The van der Waals surface area contributed by atoms with E-state index < -0.39 is 0 Å². The lowest BCUT2D eigenvalue weighted by molar-refractivity contribution is 0.641. The third-order valence-electron chi connectivity index (χ3n) is 9.15. The lowest BCUT2D eigenvalue weighted by Gasteiger charge is -2.26. The number of allylic oxidation sites excluding steroid dienone is 1. The fourth-order valence-electron chi connectivity index (χ4n) is 6.07. The van der Waals surface area contributed by atoms with Crippen molar-refractivity contribution in [2.24, 2.45) is 4.99 Å². The zero-order chi connectivity index (χ0) is 35.0. The number of hydrogen-bond acceptors (Lipinski definition) is 3. The molecule has 0 aliphatic rings. The molecule has 6 aromatic carbocycles. The van der Waals surface area contributed by atoms with Crippen LogP contribution in [-0.2, 0) is 5.41 Å². The molecule has 0 spiro atoms. The van der Waals surface area contributed by atoms with Gasteiger partial charge in [-0.1, -0.05) is 190 Å². The summed E-state index contributed by atoms with van der Waals surface area (Å²) in [5.74, 6) is 0.942. The van der Waals surface area contributed by atoms with Gasteiger partial charge in [-0.15, -0.1) is 0 Å². The van der Waals surface area contributed by atoms with Gasteiger partial charge in [-0.05, 0) is 28.8 Å². The van der Waals surface area contributed by atoms with E-state index in [-0.39, 0.29) is 11.3 Å². The molecular weight excluding hydrogens is 621 g/mol. The van der Waals surface area contributed by atoms with E-state index in [0.717, 1.165) is 50.5 Å². The molecule has 0 bridgehead atoms. The van der Waals surface area contributed by atoms with Crippen LogP contribution in [0.25, 0.3) is 40.0 Å². The molecule has 1 aromatic heterocycles. The number of hydrogen-bond donors (Lipinski definition) is 1. The number of rotatable bonds is 9. The van der Waals surface area contributed by atoms with E-state index in [1.807, 2.05) is 115 Å². The number of amidine groups is 1. The van der Waals surface area contributed by atoms with Crippen LogP contribution in [0, 0.1) is 5.41 Å². The Morgan fingerprint density at radius 2 is 0.980 bits per heavy atom. The van der Waals surface area contributed by atoms with Gasteiger partial charge in [0.15, 0.2) is 11.7 Å². The SMILES string of the molecule is CC(C)(c1ccc(/C=C/C(=N\C(=N)c2ccccc2)c2ccccc2)cc1)c1ccc(-c2cc(-c3ccccc3)nc(-c3ccccc3)n2)cc1. The molecule has 1 N–H and O–H groups in total. The highest BCUT2D eigenvalue weighted by Crippen LogP contribution is 2.34. The van der Waals surface area contributed by atoms with Crippen LogP contribution in [0.15, 0.2) is 187 Å². The smallest absolute Gasteiger partial charge is 0.160 e. The Kier molecular flexibility index (Phi) is 9.66. The highest BCUT2D eigenvalue weighted by molar-refractivity contribution is 6.17. The van der Waals surface area contributed by atoms with Gasteiger partial charge in [-0.3, -0.25) is 5.41 Å². The molecule has 0 saturated heterocycles. The highest BCUT2D eigenvalue weighted by Gasteiger charge is 2.23. The number of nitrogens with one attached hydrogen (secondary N) is 1. The number of aromatic nitrogens is 2. The fraction of sp³-hybridized carbons (Fsp3) is 0.0638. The quantitative estimate of drug-likeness (QED) is 0.124. The Morgan fingerprint density at radius 1 is 0.529 bits per heavy atom. The topological polar surface area (TPSA) is 62.0 Å². The third kappa shape index (κ3) is 7.71. The zero-order valence-electron chi connectivity index (χ0n) is 28.7. The van der Waals surface area contributed by atoms with Crippen LogP contribution >= 0.6 is 0 Å². The first-order chi connectivity index (χ1) is 24.9. The largest absolute Gasteiger partial charge is 0.282 e. The van der Waals surface area contributed by atoms with Crippen molar-refractivity contribution in [1.82, 2.24) is 9.97 Å². The maximum atomic E-state index is 8.60. The van der Waals surface area contributed by atoms with Gasteiger partial charge in [0.2, 0.25) is 0 Å². The van der Waals surface area contributed by atoms with Crippen molar-refractivity contribution in [3.8, 4) is 33.9 Å². The van der Waals surface area contributed by atoms with Gasteiger partial charge in [0.25, 0.3) is 0 Å². The van der Waals surface area contributed by atoms with Crippen LogP contribution in [-0.4, -0.2) is 21.5 Å². The van der Waals surface area contributed by atoms with Crippen molar-refractivity contribution in [3.05, 3.63) is 210 Å². The summed E-state index contributed by atoms with van der Waals surface area (Å²) in [7, 11) is 0. The zero-order valence-corrected chi connectivity index (χ0v) is 28.7. The lowest BCUT2D eigenvalue weighted by atomic mass is 9.77. The lowest BCUT2D eigenvalue weighted by Crippen LogP contribution is -2.18. The predicted molar refractivity (Wildman–Crippen MR) is 212 cm³/mol. The second-order valence-corrected chi connectivity index (χ2v) is 12.9. The summed E-state index contributed by atoms with van der Waals surface area (Å²) >= 11 is 0. The van der Waals surface area contributed by atoms with Crippen LogP contribution in [0.1, 0.15) is 41.7 Å². The minimum Gasteiger partial charge on any atom is -0.282 e.